The first-order valence-electron chi connectivity index (χ1n) is 7.64. The Morgan fingerprint density at radius 3 is 1.47 bits per heavy atom. The lowest BCUT2D eigenvalue weighted by Crippen LogP contribution is -2.57. The highest BCUT2D eigenvalue weighted by atomic mass is 33.2. The van der Waals surface area contributed by atoms with E-state index in [2.05, 4.69) is 20.8 Å². The molecule has 0 aromatic carbocycles. The predicted molar refractivity (Wildman–Crippen MR) is 79.1 cm³/mol. The zero-order valence-electron chi connectivity index (χ0n) is 12.1. The molecule has 1 saturated heterocycles. The van der Waals surface area contributed by atoms with Gasteiger partial charge in [0.25, 0.3) is 0 Å². The Kier molecular flexibility index (Phi) is 2.43. The smallest absolute Gasteiger partial charge is 0.156 e. The van der Waals surface area contributed by atoms with Crippen molar-refractivity contribution in [3.05, 3.63) is 0 Å². The van der Waals surface area contributed by atoms with Crippen molar-refractivity contribution in [1.29, 1.82) is 0 Å². The zero-order chi connectivity index (χ0) is 13.6. The van der Waals surface area contributed by atoms with Crippen molar-refractivity contribution < 1.29 is 8.42 Å². The minimum atomic E-state index is -1.11. The molecule has 4 saturated carbocycles. The summed E-state index contributed by atoms with van der Waals surface area (Å²) in [6, 6.07) is 0. The second-order valence-electron chi connectivity index (χ2n) is 8.53. The first-order chi connectivity index (χ1) is 8.80. The van der Waals surface area contributed by atoms with Crippen LogP contribution in [0.4, 0.5) is 0 Å². The summed E-state index contributed by atoms with van der Waals surface area (Å²) in [7, 11) is -2.22. The van der Waals surface area contributed by atoms with Crippen molar-refractivity contribution in [3.8, 4) is 0 Å². The molecule has 2 nitrogen and oxygen atoms in total. The molecular weight excluding hydrogens is 276 g/mol. The van der Waals surface area contributed by atoms with E-state index in [4.69, 9.17) is 0 Å². The molecule has 2 atom stereocenters. The fourth-order valence-electron chi connectivity index (χ4n) is 6.31. The van der Waals surface area contributed by atoms with E-state index in [1.54, 1.807) is 0 Å². The van der Waals surface area contributed by atoms with E-state index in [0.717, 1.165) is 17.8 Å². The Bertz CT molecular complexity index is 440. The van der Waals surface area contributed by atoms with E-state index < -0.39 is 23.7 Å². The summed E-state index contributed by atoms with van der Waals surface area (Å²) in [4.78, 5) is 0. The van der Waals surface area contributed by atoms with Gasteiger partial charge in [-0.2, -0.15) is 0 Å². The van der Waals surface area contributed by atoms with Crippen LogP contribution in [0.25, 0.3) is 0 Å². The molecule has 108 valence electrons. The van der Waals surface area contributed by atoms with E-state index in [-0.39, 0.29) is 10.8 Å². The van der Waals surface area contributed by atoms with E-state index in [1.807, 2.05) is 0 Å². The molecule has 0 unspecified atom stereocenters. The van der Waals surface area contributed by atoms with Crippen LogP contribution in [0.5, 0.6) is 0 Å². The molecule has 19 heavy (non-hydrogen) atoms. The molecule has 5 rings (SSSR count). The standard InChI is InChI=1S/C15H24O2S2/c1-13(2,3)15(18(16)19(15)17)14-7-10-4-11(8-14)6-12(5-10)9-14/h10-12H,4-9H2,1-3H3/t10?,11?,12?,14?,18-,19-/m0/s1. The molecule has 0 amide bonds. The molecule has 0 aromatic heterocycles. The molecule has 1 heterocycles. The van der Waals surface area contributed by atoms with Gasteiger partial charge in [0, 0.05) is 5.41 Å². The summed E-state index contributed by atoms with van der Waals surface area (Å²) in [5.41, 5.74) is 0.0319. The van der Waals surface area contributed by atoms with Crippen LogP contribution in [0, 0.1) is 28.6 Å². The van der Waals surface area contributed by atoms with Crippen LogP contribution in [-0.2, 0) is 19.7 Å². The van der Waals surface area contributed by atoms with Crippen LogP contribution in [0.3, 0.4) is 0 Å². The molecule has 5 aliphatic rings. The quantitative estimate of drug-likeness (QED) is 0.549. The summed E-state index contributed by atoms with van der Waals surface area (Å²) >= 11 is 0. The maximum atomic E-state index is 12.5. The first kappa shape index (κ1) is 13.0. The summed E-state index contributed by atoms with van der Waals surface area (Å²) in [5.74, 6) is 2.50. The largest absolute Gasteiger partial charge is 0.244 e. The highest BCUT2D eigenvalue weighted by molar-refractivity contribution is 8.78. The van der Waals surface area contributed by atoms with Crippen molar-refractivity contribution >= 4 is 19.7 Å². The first-order valence-corrected chi connectivity index (χ1v) is 10.5. The van der Waals surface area contributed by atoms with Gasteiger partial charge in [-0.1, -0.05) is 20.8 Å². The molecule has 4 aliphatic carbocycles. The van der Waals surface area contributed by atoms with Gasteiger partial charge in [0.15, 0.2) is 4.08 Å². The highest BCUT2D eigenvalue weighted by Crippen LogP contribution is 2.74. The fraction of sp³-hybridized carbons (Fsp3) is 1.00. The molecule has 4 bridgehead atoms. The van der Waals surface area contributed by atoms with Crippen LogP contribution >= 0.6 is 0 Å². The van der Waals surface area contributed by atoms with Gasteiger partial charge in [-0.25, -0.2) is 8.42 Å². The van der Waals surface area contributed by atoms with Gasteiger partial charge < -0.3 is 0 Å². The molecule has 5 fully saturated rings. The minimum absolute atomic E-state index is 0.103. The summed E-state index contributed by atoms with van der Waals surface area (Å²) in [6.07, 6.45) is 7.77. The van der Waals surface area contributed by atoms with Gasteiger partial charge in [0.05, 0.1) is 0 Å². The Morgan fingerprint density at radius 1 is 0.842 bits per heavy atom. The average Bonchev–Trinajstić information content (AvgIpc) is 2.80. The number of hydrogen-bond acceptors (Lipinski definition) is 2. The third kappa shape index (κ3) is 1.38. The molecule has 0 spiro atoms. The van der Waals surface area contributed by atoms with Crippen LogP contribution < -0.4 is 0 Å². The monoisotopic (exact) mass is 300 g/mol. The maximum Gasteiger partial charge on any atom is 0.156 e. The van der Waals surface area contributed by atoms with Gasteiger partial charge in [0.2, 0.25) is 0 Å². The Labute approximate surface area is 120 Å². The molecule has 0 N–H and O–H groups in total. The Morgan fingerprint density at radius 2 is 1.21 bits per heavy atom. The van der Waals surface area contributed by atoms with E-state index in [9.17, 15) is 8.42 Å². The van der Waals surface area contributed by atoms with Crippen LogP contribution in [0.15, 0.2) is 0 Å². The van der Waals surface area contributed by atoms with Crippen molar-refractivity contribution in [2.75, 3.05) is 0 Å². The highest BCUT2D eigenvalue weighted by Gasteiger charge is 2.80. The zero-order valence-corrected chi connectivity index (χ0v) is 13.7. The predicted octanol–water partition coefficient (Wildman–Crippen LogP) is 3.37. The summed E-state index contributed by atoms with van der Waals surface area (Å²) in [5, 5.41) is 0. The fourth-order valence-corrected chi connectivity index (χ4v) is 12.8. The van der Waals surface area contributed by atoms with Gasteiger partial charge in [-0.15, -0.1) is 0 Å². The van der Waals surface area contributed by atoms with Crippen molar-refractivity contribution in [3.63, 3.8) is 0 Å². The molecule has 4 heteroatoms. The lowest BCUT2D eigenvalue weighted by molar-refractivity contribution is -0.0738. The van der Waals surface area contributed by atoms with Crippen molar-refractivity contribution in [1.82, 2.24) is 0 Å². The maximum absolute atomic E-state index is 12.5. The lowest BCUT2D eigenvalue weighted by Gasteiger charge is -2.60. The minimum Gasteiger partial charge on any atom is -0.244 e. The molecule has 0 aromatic rings. The lowest BCUT2D eigenvalue weighted by atomic mass is 9.47. The molecule has 0 radical (unpaired) electrons. The Hall–Kier alpha value is 0.300. The molecular formula is C15H24O2S2. The van der Waals surface area contributed by atoms with E-state index in [1.165, 1.54) is 38.5 Å². The second-order valence-corrected chi connectivity index (χ2v) is 12.8. The average molecular weight is 300 g/mol. The van der Waals surface area contributed by atoms with Crippen LogP contribution in [0.2, 0.25) is 0 Å². The normalized spacial score (nSPS) is 59.4. The molecule has 1 aliphatic heterocycles. The summed E-state index contributed by atoms with van der Waals surface area (Å²) in [6.45, 7) is 6.48. The van der Waals surface area contributed by atoms with Crippen LogP contribution in [0.1, 0.15) is 59.3 Å². The van der Waals surface area contributed by atoms with Gasteiger partial charge in [-0.05, 0) is 61.7 Å². The second kappa shape index (κ2) is 3.55. The van der Waals surface area contributed by atoms with Gasteiger partial charge in [-0.3, -0.25) is 0 Å². The summed E-state index contributed by atoms with van der Waals surface area (Å²) < 4.78 is 24.6. The third-order valence-corrected chi connectivity index (χ3v) is 12.0. The SMILES string of the molecule is CC(C)(C)C1(C23CC4CC(CC(C4)C2)C3)[S@@](=O)[S@@]1=O. The third-order valence-electron chi connectivity index (χ3n) is 6.30. The van der Waals surface area contributed by atoms with Crippen molar-refractivity contribution in [2.24, 2.45) is 28.6 Å². The number of hydrogen-bond donors (Lipinski definition) is 0. The topological polar surface area (TPSA) is 34.1 Å². The van der Waals surface area contributed by atoms with E-state index in [0.29, 0.717) is 0 Å². The Balaban J connectivity index is 1.83. The van der Waals surface area contributed by atoms with Gasteiger partial charge >= 0.3 is 0 Å². The van der Waals surface area contributed by atoms with Gasteiger partial charge in [0.1, 0.15) is 19.7 Å². The van der Waals surface area contributed by atoms with Crippen molar-refractivity contribution in [2.45, 2.75) is 63.4 Å². The van der Waals surface area contributed by atoms with E-state index >= 15 is 0 Å². The number of rotatable bonds is 1. The van der Waals surface area contributed by atoms with Crippen LogP contribution in [-0.4, -0.2) is 12.5 Å².